The summed E-state index contributed by atoms with van der Waals surface area (Å²) in [4.78, 5) is 2.08. The highest BCUT2D eigenvalue weighted by molar-refractivity contribution is 5.43. The van der Waals surface area contributed by atoms with E-state index >= 15 is 0 Å². The van der Waals surface area contributed by atoms with Gasteiger partial charge in [0.05, 0.1) is 36.3 Å². The number of para-hydroxylation sites is 1. The number of halogens is 1. The van der Waals surface area contributed by atoms with Gasteiger partial charge in [-0.15, -0.1) is 0 Å². The van der Waals surface area contributed by atoms with Crippen LogP contribution in [0.15, 0.2) is 54.6 Å². The molecule has 0 radical (unpaired) electrons. The van der Waals surface area contributed by atoms with E-state index in [-0.39, 0.29) is 12.4 Å². The number of aryl methyl sites for hydroxylation is 1. The van der Waals surface area contributed by atoms with Crippen molar-refractivity contribution in [2.75, 3.05) is 40.5 Å². The predicted molar refractivity (Wildman–Crippen MR) is 124 cm³/mol. The first-order chi connectivity index (χ1) is 16.0. The Bertz CT molecular complexity index is 997. The van der Waals surface area contributed by atoms with Gasteiger partial charge in [0.15, 0.2) is 0 Å². The fraction of sp³-hybridized carbons (Fsp3) is 0.400. The van der Waals surface area contributed by atoms with Crippen molar-refractivity contribution in [2.24, 2.45) is 0 Å². The molecular weight excluding hydrogens is 425 g/mol. The molecule has 3 aromatic rings. The maximum atomic E-state index is 13.9. The first-order valence-electron chi connectivity index (χ1n) is 11.0. The van der Waals surface area contributed by atoms with Crippen molar-refractivity contribution in [3.05, 3.63) is 71.7 Å². The topological polar surface area (TPSA) is 69.0 Å². The molecule has 0 amide bonds. The van der Waals surface area contributed by atoms with Crippen LogP contribution in [-0.4, -0.2) is 66.4 Å². The summed E-state index contributed by atoms with van der Waals surface area (Å²) in [6, 6.07) is 15.7. The fourth-order valence-electron chi connectivity index (χ4n) is 3.63. The number of hydrogen-bond donors (Lipinski definition) is 1. The van der Waals surface area contributed by atoms with E-state index in [0.717, 1.165) is 16.9 Å². The second-order valence-corrected chi connectivity index (χ2v) is 7.73. The Morgan fingerprint density at radius 1 is 1.09 bits per heavy atom. The van der Waals surface area contributed by atoms with E-state index in [1.807, 2.05) is 37.3 Å². The SMILES string of the molecule is CCc1nn(-c2ccccc2)c(Oc2cccc(F)c2)c1CN(CCOC)C[C@H](O)COC. The van der Waals surface area contributed by atoms with Crippen LogP contribution in [0, 0.1) is 5.82 Å². The molecule has 0 saturated heterocycles. The zero-order chi connectivity index (χ0) is 23.6. The smallest absolute Gasteiger partial charge is 0.227 e. The number of aliphatic hydroxyl groups is 1. The van der Waals surface area contributed by atoms with Crippen molar-refractivity contribution in [3.8, 4) is 17.3 Å². The molecule has 0 fully saturated rings. The van der Waals surface area contributed by atoms with Crippen LogP contribution in [0.2, 0.25) is 0 Å². The second kappa shape index (κ2) is 12.5. The first kappa shape index (κ1) is 24.9. The van der Waals surface area contributed by atoms with Gasteiger partial charge in [-0.1, -0.05) is 31.2 Å². The monoisotopic (exact) mass is 457 g/mol. The van der Waals surface area contributed by atoms with E-state index in [1.165, 1.54) is 12.1 Å². The molecule has 0 spiro atoms. The van der Waals surface area contributed by atoms with Gasteiger partial charge in [0.25, 0.3) is 0 Å². The average molecular weight is 458 g/mol. The quantitative estimate of drug-likeness (QED) is 0.421. The molecule has 0 saturated carbocycles. The molecule has 33 heavy (non-hydrogen) atoms. The summed E-state index contributed by atoms with van der Waals surface area (Å²) in [5.74, 6) is 0.533. The Morgan fingerprint density at radius 2 is 1.88 bits per heavy atom. The molecule has 0 aliphatic carbocycles. The maximum absolute atomic E-state index is 13.9. The molecule has 1 atom stereocenters. The number of nitrogens with zero attached hydrogens (tertiary/aromatic N) is 3. The third kappa shape index (κ3) is 6.85. The van der Waals surface area contributed by atoms with Crippen LogP contribution >= 0.6 is 0 Å². The van der Waals surface area contributed by atoms with Gasteiger partial charge in [0, 0.05) is 39.9 Å². The number of rotatable bonds is 13. The third-order valence-corrected chi connectivity index (χ3v) is 5.19. The summed E-state index contributed by atoms with van der Waals surface area (Å²) in [6.07, 6.45) is 0.0432. The zero-order valence-corrected chi connectivity index (χ0v) is 19.4. The Labute approximate surface area is 194 Å². The van der Waals surface area contributed by atoms with E-state index in [4.69, 9.17) is 19.3 Å². The van der Waals surface area contributed by atoms with Crippen molar-refractivity contribution in [1.29, 1.82) is 0 Å². The minimum Gasteiger partial charge on any atom is -0.438 e. The normalized spacial score (nSPS) is 12.3. The lowest BCUT2D eigenvalue weighted by Crippen LogP contribution is -2.36. The van der Waals surface area contributed by atoms with E-state index in [2.05, 4.69) is 4.90 Å². The van der Waals surface area contributed by atoms with Crippen molar-refractivity contribution < 1.29 is 23.7 Å². The molecule has 2 aromatic carbocycles. The lowest BCUT2D eigenvalue weighted by Gasteiger charge is -2.25. The Morgan fingerprint density at radius 3 is 2.55 bits per heavy atom. The van der Waals surface area contributed by atoms with E-state index < -0.39 is 6.10 Å². The van der Waals surface area contributed by atoms with Gasteiger partial charge in [-0.05, 0) is 30.7 Å². The van der Waals surface area contributed by atoms with Crippen LogP contribution in [0.25, 0.3) is 5.69 Å². The number of hydrogen-bond acceptors (Lipinski definition) is 6. The van der Waals surface area contributed by atoms with Gasteiger partial charge in [0.2, 0.25) is 5.88 Å². The van der Waals surface area contributed by atoms with Gasteiger partial charge < -0.3 is 19.3 Å². The maximum Gasteiger partial charge on any atom is 0.227 e. The van der Waals surface area contributed by atoms with Crippen molar-refractivity contribution in [1.82, 2.24) is 14.7 Å². The number of ether oxygens (including phenoxy) is 3. The standard InChI is InChI=1S/C25H32FN3O4/c1-4-24-23(17-28(13-14-31-2)16-21(30)18-32-3)25(33-22-12-8-9-19(26)15-22)29(27-24)20-10-6-5-7-11-20/h5-12,15,21,30H,4,13-14,16-18H2,1-3H3/t21-/m0/s1. The van der Waals surface area contributed by atoms with Crippen LogP contribution in [0.4, 0.5) is 4.39 Å². The minimum absolute atomic E-state index is 0.236. The van der Waals surface area contributed by atoms with Crippen molar-refractivity contribution in [3.63, 3.8) is 0 Å². The molecule has 7 nitrogen and oxygen atoms in total. The number of methoxy groups -OCH3 is 2. The molecule has 1 heterocycles. The molecule has 178 valence electrons. The lowest BCUT2D eigenvalue weighted by atomic mass is 10.1. The number of aromatic nitrogens is 2. The zero-order valence-electron chi connectivity index (χ0n) is 19.4. The van der Waals surface area contributed by atoms with Gasteiger partial charge in [-0.3, -0.25) is 4.90 Å². The van der Waals surface area contributed by atoms with Gasteiger partial charge in [-0.2, -0.15) is 5.10 Å². The van der Waals surface area contributed by atoms with Gasteiger partial charge in [-0.25, -0.2) is 9.07 Å². The first-order valence-corrected chi connectivity index (χ1v) is 11.0. The van der Waals surface area contributed by atoms with E-state index in [0.29, 0.717) is 44.3 Å². The highest BCUT2D eigenvalue weighted by atomic mass is 19.1. The van der Waals surface area contributed by atoms with Crippen LogP contribution < -0.4 is 4.74 Å². The van der Waals surface area contributed by atoms with Gasteiger partial charge >= 0.3 is 0 Å². The van der Waals surface area contributed by atoms with Gasteiger partial charge in [0.1, 0.15) is 11.6 Å². The molecule has 0 unspecified atom stereocenters. The van der Waals surface area contributed by atoms with Crippen molar-refractivity contribution in [2.45, 2.75) is 26.0 Å². The molecule has 1 aromatic heterocycles. The number of benzene rings is 2. The molecular formula is C25H32FN3O4. The average Bonchev–Trinajstić information content (AvgIpc) is 3.15. The summed E-state index contributed by atoms with van der Waals surface area (Å²) in [7, 11) is 3.21. The summed E-state index contributed by atoms with van der Waals surface area (Å²) < 4.78 is 32.2. The summed E-state index contributed by atoms with van der Waals surface area (Å²) >= 11 is 0. The second-order valence-electron chi connectivity index (χ2n) is 7.73. The Hall–Kier alpha value is -2.78. The summed E-state index contributed by atoms with van der Waals surface area (Å²) in [5.41, 5.74) is 2.59. The Kier molecular flexibility index (Phi) is 9.38. The molecule has 0 aliphatic heterocycles. The summed E-state index contributed by atoms with van der Waals surface area (Å²) in [6.45, 7) is 4.26. The predicted octanol–water partition coefficient (Wildman–Crippen LogP) is 3.82. The molecule has 8 heteroatoms. The molecule has 3 rings (SSSR count). The van der Waals surface area contributed by atoms with Crippen LogP contribution in [-0.2, 0) is 22.4 Å². The fourth-order valence-corrected chi connectivity index (χ4v) is 3.63. The molecule has 0 aliphatic rings. The third-order valence-electron chi connectivity index (χ3n) is 5.19. The number of aliphatic hydroxyl groups excluding tert-OH is 1. The highest BCUT2D eigenvalue weighted by Crippen LogP contribution is 2.32. The highest BCUT2D eigenvalue weighted by Gasteiger charge is 2.23. The molecule has 1 N–H and O–H groups in total. The summed E-state index contributed by atoms with van der Waals surface area (Å²) in [5, 5.41) is 15.2. The van der Waals surface area contributed by atoms with Crippen LogP contribution in [0.3, 0.4) is 0 Å². The van der Waals surface area contributed by atoms with Crippen LogP contribution in [0.1, 0.15) is 18.2 Å². The molecule has 0 bridgehead atoms. The minimum atomic E-state index is -0.645. The lowest BCUT2D eigenvalue weighted by molar-refractivity contribution is 0.0291. The van der Waals surface area contributed by atoms with Crippen molar-refractivity contribution >= 4 is 0 Å². The Balaban J connectivity index is 2.02. The van der Waals surface area contributed by atoms with E-state index in [9.17, 15) is 9.50 Å². The van der Waals surface area contributed by atoms with Crippen LogP contribution in [0.5, 0.6) is 11.6 Å². The van der Waals surface area contributed by atoms with E-state index in [1.54, 1.807) is 31.0 Å². The largest absolute Gasteiger partial charge is 0.438 e.